The van der Waals surface area contributed by atoms with Gasteiger partial charge in [-0.05, 0) is 44.0 Å². The number of aldehydes is 1. The lowest BCUT2D eigenvalue weighted by Gasteiger charge is -2.38. The van der Waals surface area contributed by atoms with Crippen LogP contribution in [0.3, 0.4) is 0 Å². The van der Waals surface area contributed by atoms with Gasteiger partial charge in [-0.1, -0.05) is 26.8 Å². The van der Waals surface area contributed by atoms with E-state index in [4.69, 9.17) is 13.9 Å². The molecular weight excluding hydrogens is 284 g/mol. The summed E-state index contributed by atoms with van der Waals surface area (Å²) in [6, 6.07) is 0. The number of rotatable bonds is 10. The molecule has 0 amide bonds. The zero-order chi connectivity index (χ0) is 16.5. The molecule has 0 aromatic rings. The van der Waals surface area contributed by atoms with E-state index in [1.54, 1.807) is 13.2 Å². The molecule has 0 rings (SSSR count). The first kappa shape index (κ1) is 20.5. The van der Waals surface area contributed by atoms with Crippen LogP contribution in [0.4, 0.5) is 0 Å². The van der Waals surface area contributed by atoms with Crippen molar-refractivity contribution in [1.82, 2.24) is 0 Å². The van der Waals surface area contributed by atoms with Crippen LogP contribution < -0.4 is 0 Å². The van der Waals surface area contributed by atoms with Crippen LogP contribution in [0, 0.1) is 0 Å². The first-order chi connectivity index (χ1) is 9.64. The maximum absolute atomic E-state index is 10.4. The number of allylic oxidation sites excluding steroid dienone is 1. The van der Waals surface area contributed by atoms with Crippen LogP contribution in [0.2, 0.25) is 18.1 Å². The van der Waals surface area contributed by atoms with Gasteiger partial charge in [0.05, 0.1) is 6.10 Å². The molecule has 0 heterocycles. The van der Waals surface area contributed by atoms with E-state index in [2.05, 4.69) is 40.8 Å². The average molecular weight is 317 g/mol. The molecule has 21 heavy (non-hydrogen) atoms. The Balaban J connectivity index is 4.38. The van der Waals surface area contributed by atoms with Crippen LogP contribution in [0.1, 0.15) is 40.5 Å². The molecule has 0 fully saturated rings. The molecule has 0 aliphatic rings. The van der Waals surface area contributed by atoms with E-state index in [1.165, 1.54) is 6.08 Å². The molecule has 2 atom stereocenters. The van der Waals surface area contributed by atoms with Gasteiger partial charge in [-0.2, -0.15) is 0 Å². The summed E-state index contributed by atoms with van der Waals surface area (Å²) in [7, 11) is -0.143. The van der Waals surface area contributed by atoms with Crippen molar-refractivity contribution in [2.75, 3.05) is 13.9 Å². The highest BCUT2D eigenvalue weighted by molar-refractivity contribution is 6.74. The van der Waals surface area contributed by atoms with Crippen LogP contribution in [0.15, 0.2) is 12.2 Å². The third kappa shape index (κ3) is 8.51. The van der Waals surface area contributed by atoms with Crippen LogP contribution in [-0.2, 0) is 18.7 Å². The minimum absolute atomic E-state index is 0.111. The molecule has 0 bridgehead atoms. The third-order valence-electron chi connectivity index (χ3n) is 3.96. The van der Waals surface area contributed by atoms with Crippen molar-refractivity contribution in [2.24, 2.45) is 0 Å². The fourth-order valence-electron chi connectivity index (χ4n) is 1.70. The van der Waals surface area contributed by atoms with Gasteiger partial charge in [-0.3, -0.25) is 4.79 Å². The van der Waals surface area contributed by atoms with Gasteiger partial charge >= 0.3 is 0 Å². The number of methoxy groups -OCH3 is 1. The van der Waals surface area contributed by atoms with Crippen molar-refractivity contribution in [3.8, 4) is 0 Å². The number of hydrogen-bond acceptors (Lipinski definition) is 4. The molecule has 0 aliphatic heterocycles. The molecular formula is C16H32O4Si. The molecule has 4 nitrogen and oxygen atoms in total. The molecule has 0 radical (unpaired) electrons. The Labute approximate surface area is 131 Å². The SMILES string of the molecule is COCO[C@@H](/C=C/C=O)CC[C@@H](C)O[Si](C)(C)C(C)(C)C. The van der Waals surface area contributed by atoms with E-state index in [0.717, 1.165) is 19.1 Å². The number of ether oxygens (including phenoxy) is 2. The summed E-state index contributed by atoms with van der Waals surface area (Å²) < 4.78 is 16.8. The summed E-state index contributed by atoms with van der Waals surface area (Å²) in [6.45, 7) is 13.6. The van der Waals surface area contributed by atoms with Gasteiger partial charge in [-0.15, -0.1) is 0 Å². The summed E-state index contributed by atoms with van der Waals surface area (Å²) in [5.74, 6) is 0. The Kier molecular flexibility index (Phi) is 9.29. The molecule has 5 heteroatoms. The van der Waals surface area contributed by atoms with Crippen LogP contribution in [-0.4, -0.2) is 40.7 Å². The Morgan fingerprint density at radius 1 is 1.19 bits per heavy atom. The summed E-state index contributed by atoms with van der Waals surface area (Å²) >= 11 is 0. The Morgan fingerprint density at radius 3 is 2.29 bits per heavy atom. The van der Waals surface area contributed by atoms with Crippen molar-refractivity contribution < 1.29 is 18.7 Å². The summed E-state index contributed by atoms with van der Waals surface area (Å²) in [5.41, 5.74) is 0. The third-order valence-corrected chi connectivity index (χ3v) is 8.57. The van der Waals surface area contributed by atoms with Crippen molar-refractivity contribution in [3.63, 3.8) is 0 Å². The molecule has 124 valence electrons. The fraction of sp³-hybridized carbons (Fsp3) is 0.812. The van der Waals surface area contributed by atoms with E-state index in [0.29, 0.717) is 0 Å². The van der Waals surface area contributed by atoms with Gasteiger partial charge in [-0.25, -0.2) is 0 Å². The predicted octanol–water partition coefficient (Wildman–Crippen LogP) is 3.92. The summed E-state index contributed by atoms with van der Waals surface area (Å²) in [4.78, 5) is 10.4. The molecule has 0 unspecified atom stereocenters. The van der Waals surface area contributed by atoms with E-state index in [9.17, 15) is 4.79 Å². The summed E-state index contributed by atoms with van der Waals surface area (Å²) in [6.07, 6.45) is 5.78. The first-order valence-electron chi connectivity index (χ1n) is 7.54. The molecule has 0 spiro atoms. The lowest BCUT2D eigenvalue weighted by Crippen LogP contribution is -2.43. The smallest absolute Gasteiger partial charge is 0.192 e. The molecule has 0 aromatic heterocycles. The van der Waals surface area contributed by atoms with Crippen molar-refractivity contribution in [1.29, 1.82) is 0 Å². The zero-order valence-electron chi connectivity index (χ0n) is 14.6. The number of carbonyl (C=O) groups excluding carboxylic acids is 1. The molecule has 0 N–H and O–H groups in total. The van der Waals surface area contributed by atoms with Crippen molar-refractivity contribution in [2.45, 2.75) is 70.9 Å². The quantitative estimate of drug-likeness (QED) is 0.265. The fourth-order valence-corrected chi connectivity index (χ4v) is 3.17. The van der Waals surface area contributed by atoms with E-state index >= 15 is 0 Å². The first-order valence-corrected chi connectivity index (χ1v) is 10.4. The Morgan fingerprint density at radius 2 is 1.81 bits per heavy atom. The monoisotopic (exact) mass is 316 g/mol. The predicted molar refractivity (Wildman–Crippen MR) is 88.9 cm³/mol. The lowest BCUT2D eigenvalue weighted by molar-refractivity contribution is -0.104. The highest BCUT2D eigenvalue weighted by Gasteiger charge is 2.38. The average Bonchev–Trinajstić information content (AvgIpc) is 2.36. The van der Waals surface area contributed by atoms with Crippen LogP contribution in [0.25, 0.3) is 0 Å². The van der Waals surface area contributed by atoms with Crippen molar-refractivity contribution in [3.05, 3.63) is 12.2 Å². The topological polar surface area (TPSA) is 44.8 Å². The minimum Gasteiger partial charge on any atom is -0.414 e. The van der Waals surface area contributed by atoms with E-state index < -0.39 is 8.32 Å². The lowest BCUT2D eigenvalue weighted by atomic mass is 10.1. The number of hydrogen-bond donors (Lipinski definition) is 0. The van der Waals surface area contributed by atoms with Gasteiger partial charge in [0.25, 0.3) is 0 Å². The maximum atomic E-state index is 10.4. The molecule has 0 aliphatic carbocycles. The van der Waals surface area contributed by atoms with Gasteiger partial charge in [0, 0.05) is 13.2 Å². The van der Waals surface area contributed by atoms with Gasteiger partial charge in [0.1, 0.15) is 13.1 Å². The normalized spacial score (nSPS) is 16.1. The van der Waals surface area contributed by atoms with Crippen molar-refractivity contribution >= 4 is 14.6 Å². The molecule has 0 aromatic carbocycles. The summed E-state index contributed by atoms with van der Waals surface area (Å²) in [5, 5.41) is 0.213. The van der Waals surface area contributed by atoms with Crippen LogP contribution >= 0.6 is 0 Å². The second-order valence-electron chi connectivity index (χ2n) is 6.90. The zero-order valence-corrected chi connectivity index (χ0v) is 15.6. The second kappa shape index (κ2) is 9.51. The Hall–Kier alpha value is -0.493. The highest BCUT2D eigenvalue weighted by Crippen LogP contribution is 2.37. The van der Waals surface area contributed by atoms with Gasteiger partial charge in [0.15, 0.2) is 8.32 Å². The Bertz CT molecular complexity index is 321. The van der Waals surface area contributed by atoms with E-state index in [1.807, 2.05) is 0 Å². The van der Waals surface area contributed by atoms with Crippen LogP contribution in [0.5, 0.6) is 0 Å². The van der Waals surface area contributed by atoms with Gasteiger partial charge < -0.3 is 13.9 Å². The molecule has 0 saturated heterocycles. The number of carbonyl (C=O) groups is 1. The molecule has 0 saturated carbocycles. The standard InChI is InChI=1S/C16H32O4Si/c1-14(20-21(6,7)16(2,3)4)10-11-15(9-8-12-17)19-13-18-5/h8-9,12,14-15H,10-11,13H2,1-7H3/b9-8+/t14-,15+/m1/s1. The van der Waals surface area contributed by atoms with Gasteiger partial charge in [0.2, 0.25) is 0 Å². The largest absolute Gasteiger partial charge is 0.414 e. The minimum atomic E-state index is -1.73. The maximum Gasteiger partial charge on any atom is 0.192 e. The highest BCUT2D eigenvalue weighted by atomic mass is 28.4. The second-order valence-corrected chi connectivity index (χ2v) is 11.7. The van der Waals surface area contributed by atoms with E-state index in [-0.39, 0.29) is 24.0 Å².